The third kappa shape index (κ3) is 14.7. The molecule has 0 spiro atoms. The van der Waals surface area contributed by atoms with Crippen molar-refractivity contribution in [2.24, 2.45) is 0 Å². The summed E-state index contributed by atoms with van der Waals surface area (Å²) in [5, 5.41) is 20.2. The highest BCUT2D eigenvalue weighted by Gasteiger charge is 2.40. The van der Waals surface area contributed by atoms with Crippen LogP contribution in [0.4, 0.5) is 0 Å². The number of allylic oxidation sites excluding steroid dienone is 1. The molecule has 0 aliphatic heterocycles. The molecule has 0 heterocycles. The maximum absolute atomic E-state index is 14.7. The van der Waals surface area contributed by atoms with Gasteiger partial charge in [-0.05, 0) is 64.0 Å². The van der Waals surface area contributed by atoms with Crippen LogP contribution in [0.3, 0.4) is 0 Å². The van der Waals surface area contributed by atoms with Crippen molar-refractivity contribution in [2.75, 3.05) is 25.2 Å². The zero-order valence-corrected chi connectivity index (χ0v) is 43.4. The summed E-state index contributed by atoms with van der Waals surface area (Å²) < 4.78 is 3.52. The van der Waals surface area contributed by atoms with Crippen LogP contribution < -0.4 is 16.0 Å². The van der Waals surface area contributed by atoms with E-state index in [9.17, 15) is 24.3 Å². The predicted molar refractivity (Wildman–Crippen MR) is 301 cm³/mol. The average Bonchev–Trinajstić information content (AvgIpc) is 3.46. The maximum Gasteiger partial charge on any atom is 0.305 e. The van der Waals surface area contributed by atoms with Crippen LogP contribution in [0.2, 0.25) is 0 Å². The number of methoxy groups -OCH3 is 1. The molecule has 3 atom stereocenters. The van der Waals surface area contributed by atoms with Crippen molar-refractivity contribution in [3.63, 3.8) is 0 Å². The molecule has 0 aliphatic rings. The summed E-state index contributed by atoms with van der Waals surface area (Å²) in [5.41, 5.74) is 7.28. The third-order valence-electron chi connectivity index (χ3n) is 12.8. The lowest BCUT2D eigenvalue weighted by molar-refractivity contribution is -0.140. The smallest absolute Gasteiger partial charge is 0.305 e. The third-order valence-corrected chi connectivity index (χ3v) is 16.0. The lowest BCUT2D eigenvalue weighted by Crippen LogP contribution is -2.55. The highest BCUT2D eigenvalue weighted by molar-refractivity contribution is 8.00. The standard InChI is InChI=1S/C63H65N3O6S2/c1-72-59(69)42-23-25-43-64-60(70)57(47-74-63(52-35-17-6-18-36-52,53-37-19-7-20-38-53)54-39-21-8-22-40-54)66-61(71)56(45-48-27-9-2-10-28-48)65-58(68)46-55(67)41-24-26-44-73-62(49-29-11-3-12-30-49,50-31-13-4-14-32-50)51-33-15-5-16-34-51/h2-22,24,27-41,55-57,67H,23,25-26,42-47H2,1H3,(H,64,70)(H,65,68)(H,66,71)/b41-24+/t55-,56-,57-/m1/s1. The van der Waals surface area contributed by atoms with Gasteiger partial charge in [0.05, 0.1) is 29.1 Å². The first-order valence-corrected chi connectivity index (χ1v) is 27.1. The Balaban J connectivity index is 1.08. The predicted octanol–water partition coefficient (Wildman–Crippen LogP) is 10.8. The van der Waals surface area contributed by atoms with Crippen LogP contribution in [-0.2, 0) is 39.8 Å². The van der Waals surface area contributed by atoms with Crippen molar-refractivity contribution in [2.45, 2.75) is 66.2 Å². The summed E-state index contributed by atoms with van der Waals surface area (Å²) in [6.07, 6.45) is 4.19. The molecule has 0 aliphatic carbocycles. The van der Waals surface area contributed by atoms with Crippen molar-refractivity contribution in [3.05, 3.63) is 263 Å². The second-order valence-electron chi connectivity index (χ2n) is 17.9. The van der Waals surface area contributed by atoms with Crippen LogP contribution in [0.25, 0.3) is 0 Å². The number of benzene rings is 7. The lowest BCUT2D eigenvalue weighted by Gasteiger charge is -2.36. The summed E-state index contributed by atoms with van der Waals surface area (Å²) in [6.45, 7) is 0.274. The zero-order chi connectivity index (χ0) is 51.9. The van der Waals surface area contributed by atoms with E-state index in [1.165, 1.54) is 18.9 Å². The van der Waals surface area contributed by atoms with Gasteiger partial charge in [-0.1, -0.05) is 224 Å². The van der Waals surface area contributed by atoms with Crippen molar-refractivity contribution < 1.29 is 29.0 Å². The normalized spacial score (nSPS) is 12.8. The minimum Gasteiger partial charge on any atom is -0.469 e. The number of hydrogen-bond donors (Lipinski definition) is 4. The lowest BCUT2D eigenvalue weighted by atomic mass is 9.84. The van der Waals surface area contributed by atoms with E-state index >= 15 is 0 Å². The van der Waals surface area contributed by atoms with E-state index < -0.39 is 45.4 Å². The second-order valence-corrected chi connectivity index (χ2v) is 20.4. The Morgan fingerprint density at radius 3 is 1.39 bits per heavy atom. The van der Waals surface area contributed by atoms with E-state index in [0.717, 1.165) is 44.7 Å². The number of unbranched alkanes of at least 4 members (excludes halogenated alkanes) is 1. The monoisotopic (exact) mass is 1020 g/mol. The van der Waals surface area contributed by atoms with Gasteiger partial charge >= 0.3 is 5.97 Å². The summed E-state index contributed by atoms with van der Waals surface area (Å²) >= 11 is 3.36. The number of hydrogen-bond acceptors (Lipinski definition) is 8. The molecule has 74 heavy (non-hydrogen) atoms. The van der Waals surface area contributed by atoms with Gasteiger partial charge in [0.25, 0.3) is 0 Å². The number of aliphatic hydroxyl groups excluding tert-OH is 1. The Hall–Kier alpha value is -7.18. The molecule has 0 radical (unpaired) electrons. The van der Waals surface area contributed by atoms with Crippen molar-refractivity contribution in [3.8, 4) is 0 Å². The van der Waals surface area contributed by atoms with Crippen LogP contribution >= 0.6 is 23.5 Å². The molecule has 0 bridgehead atoms. The number of carbonyl (C=O) groups is 4. The number of nitrogens with one attached hydrogen (secondary N) is 3. The molecule has 3 amide bonds. The molecule has 380 valence electrons. The molecule has 4 N–H and O–H groups in total. The summed E-state index contributed by atoms with van der Waals surface area (Å²) in [6, 6.07) is 69.0. The van der Waals surface area contributed by atoms with Crippen LogP contribution in [-0.4, -0.2) is 72.1 Å². The van der Waals surface area contributed by atoms with Crippen LogP contribution in [0.15, 0.2) is 224 Å². The Morgan fingerprint density at radius 2 is 0.959 bits per heavy atom. The Bertz CT molecular complexity index is 2630. The molecule has 0 saturated carbocycles. The number of aliphatic hydroxyl groups is 1. The minimum atomic E-state index is -1.11. The van der Waals surface area contributed by atoms with E-state index in [2.05, 4.69) is 125 Å². The SMILES string of the molecule is COC(=O)CCCCNC(=O)[C@@H](CSC(c1ccccc1)(c1ccccc1)c1ccccc1)NC(=O)[C@@H](Cc1ccccc1)NC(=O)C[C@H](O)/C=C/CCSC(c1ccccc1)(c1ccccc1)c1ccccc1. The summed E-state index contributed by atoms with van der Waals surface area (Å²) in [5.74, 6) is -0.911. The average molecular weight is 1020 g/mol. The Morgan fingerprint density at radius 1 is 0.541 bits per heavy atom. The maximum atomic E-state index is 14.7. The first-order chi connectivity index (χ1) is 36.2. The van der Waals surface area contributed by atoms with Crippen molar-refractivity contribution in [1.29, 1.82) is 0 Å². The number of rotatable bonds is 27. The molecule has 7 aromatic carbocycles. The molecule has 0 unspecified atom stereocenters. The quantitative estimate of drug-likeness (QED) is 0.0173. The first-order valence-electron chi connectivity index (χ1n) is 25.2. The fourth-order valence-corrected chi connectivity index (χ4v) is 12.2. The molecule has 0 saturated heterocycles. The van der Waals surface area contributed by atoms with E-state index in [-0.39, 0.29) is 37.5 Å². The van der Waals surface area contributed by atoms with Crippen molar-refractivity contribution in [1.82, 2.24) is 16.0 Å². The fraction of sp³-hybridized carbons (Fsp3) is 0.238. The molecular formula is C63H65N3O6S2. The van der Waals surface area contributed by atoms with E-state index in [1.54, 1.807) is 6.08 Å². The second kappa shape index (κ2) is 28.3. The van der Waals surface area contributed by atoms with Gasteiger partial charge in [0, 0.05) is 25.1 Å². The number of esters is 1. The molecule has 7 aromatic rings. The Kier molecular flexibility index (Phi) is 20.9. The highest BCUT2D eigenvalue weighted by atomic mass is 32.2. The topological polar surface area (TPSA) is 134 Å². The van der Waals surface area contributed by atoms with E-state index in [1.807, 2.05) is 121 Å². The fourth-order valence-electron chi connectivity index (χ4n) is 9.14. The Labute approximate surface area is 444 Å². The van der Waals surface area contributed by atoms with Crippen LogP contribution in [0.5, 0.6) is 0 Å². The van der Waals surface area contributed by atoms with E-state index in [4.69, 9.17) is 4.74 Å². The molecule has 0 aromatic heterocycles. The van der Waals surface area contributed by atoms with Gasteiger partial charge in [0.1, 0.15) is 12.1 Å². The van der Waals surface area contributed by atoms with Gasteiger partial charge in [0.15, 0.2) is 0 Å². The number of ether oxygens (including phenoxy) is 1. The number of thioether (sulfide) groups is 2. The van der Waals surface area contributed by atoms with Gasteiger partial charge in [0.2, 0.25) is 17.7 Å². The van der Waals surface area contributed by atoms with Crippen molar-refractivity contribution >= 4 is 47.2 Å². The largest absolute Gasteiger partial charge is 0.469 e. The molecule has 7 rings (SSSR count). The van der Waals surface area contributed by atoms with Crippen LogP contribution in [0.1, 0.15) is 71.0 Å². The minimum absolute atomic E-state index is 0.143. The molecule has 11 heteroatoms. The first kappa shape index (κ1) is 54.6. The highest BCUT2D eigenvalue weighted by Crippen LogP contribution is 2.50. The molecular weight excluding hydrogens is 959 g/mol. The van der Waals surface area contributed by atoms with E-state index in [0.29, 0.717) is 19.3 Å². The summed E-state index contributed by atoms with van der Waals surface area (Å²) in [4.78, 5) is 54.7. The van der Waals surface area contributed by atoms with Gasteiger partial charge in [-0.3, -0.25) is 19.2 Å². The van der Waals surface area contributed by atoms with Gasteiger partial charge in [-0.25, -0.2) is 0 Å². The molecule has 0 fully saturated rings. The van der Waals surface area contributed by atoms with Gasteiger partial charge in [-0.2, -0.15) is 0 Å². The summed E-state index contributed by atoms with van der Waals surface area (Å²) in [7, 11) is 1.35. The van der Waals surface area contributed by atoms with Gasteiger partial charge in [-0.15, -0.1) is 23.5 Å². The molecule has 9 nitrogen and oxygen atoms in total. The number of amides is 3. The van der Waals surface area contributed by atoms with Crippen LogP contribution in [0, 0.1) is 0 Å². The van der Waals surface area contributed by atoms with Gasteiger partial charge < -0.3 is 25.8 Å². The zero-order valence-electron chi connectivity index (χ0n) is 41.8. The number of carbonyl (C=O) groups excluding carboxylic acids is 4.